The number of alkyl halides is 3. The van der Waals surface area contributed by atoms with Crippen LogP contribution in [0.15, 0.2) is 48.7 Å². The Morgan fingerprint density at radius 2 is 1.74 bits per heavy atom. The zero-order valence-electron chi connectivity index (χ0n) is 13.8. The number of benzene rings is 2. The van der Waals surface area contributed by atoms with Crippen LogP contribution in [0, 0.1) is 11.6 Å². The Balaban J connectivity index is 2.23. The molecule has 0 N–H and O–H groups in total. The molecule has 3 aromatic rings. The SMILES string of the molecule is Cn1cc(N(C=O)c2ccccc2-c2cc(F)ccc2F)c(C(F)(F)F)n1. The number of aryl methyl sites for hydroxylation is 1. The zero-order chi connectivity index (χ0) is 19.8. The van der Waals surface area contributed by atoms with E-state index < -0.39 is 29.2 Å². The summed E-state index contributed by atoms with van der Waals surface area (Å²) in [6, 6.07) is 8.41. The fourth-order valence-electron chi connectivity index (χ4n) is 2.71. The number of amides is 1. The maximum absolute atomic E-state index is 14.2. The van der Waals surface area contributed by atoms with Gasteiger partial charge in [-0.25, -0.2) is 8.78 Å². The van der Waals surface area contributed by atoms with E-state index in [0.717, 1.165) is 29.1 Å². The van der Waals surface area contributed by atoms with Crippen LogP contribution in [-0.2, 0) is 18.0 Å². The van der Waals surface area contributed by atoms with Crippen molar-refractivity contribution in [1.29, 1.82) is 0 Å². The number of carbonyl (C=O) groups is 1. The monoisotopic (exact) mass is 381 g/mol. The van der Waals surface area contributed by atoms with E-state index in [0.29, 0.717) is 4.90 Å². The summed E-state index contributed by atoms with van der Waals surface area (Å²) in [5.41, 5.74) is -1.97. The summed E-state index contributed by atoms with van der Waals surface area (Å²) in [5.74, 6) is -1.51. The molecule has 140 valence electrons. The van der Waals surface area contributed by atoms with Crippen molar-refractivity contribution in [2.45, 2.75) is 6.18 Å². The molecular formula is C18H12F5N3O. The first-order chi connectivity index (χ1) is 12.7. The molecule has 9 heteroatoms. The standard InChI is InChI=1S/C18H12F5N3O/c1-25-9-16(17(24-25)18(21,22)23)26(10-27)15-5-3-2-4-12(15)13-8-11(19)6-7-14(13)20/h2-10H,1H3. The van der Waals surface area contributed by atoms with Gasteiger partial charge in [0.2, 0.25) is 6.41 Å². The summed E-state index contributed by atoms with van der Waals surface area (Å²) in [4.78, 5) is 12.4. The zero-order valence-corrected chi connectivity index (χ0v) is 13.8. The average molecular weight is 381 g/mol. The Morgan fingerprint density at radius 1 is 1.04 bits per heavy atom. The van der Waals surface area contributed by atoms with Gasteiger partial charge in [-0.15, -0.1) is 0 Å². The fraction of sp³-hybridized carbons (Fsp3) is 0.111. The molecule has 3 rings (SSSR count). The minimum Gasteiger partial charge on any atom is -0.279 e. The Bertz CT molecular complexity index is 997. The van der Waals surface area contributed by atoms with Gasteiger partial charge in [-0.3, -0.25) is 14.4 Å². The third kappa shape index (κ3) is 3.53. The van der Waals surface area contributed by atoms with Gasteiger partial charge in [0.25, 0.3) is 0 Å². The van der Waals surface area contributed by atoms with Crippen LogP contribution in [0.2, 0.25) is 0 Å². The highest BCUT2D eigenvalue weighted by Gasteiger charge is 2.39. The summed E-state index contributed by atoms with van der Waals surface area (Å²) < 4.78 is 68.6. The Kier molecular flexibility index (Phi) is 4.69. The Labute approximate surface area is 150 Å². The van der Waals surface area contributed by atoms with E-state index in [4.69, 9.17) is 0 Å². The van der Waals surface area contributed by atoms with Gasteiger partial charge < -0.3 is 0 Å². The van der Waals surface area contributed by atoms with E-state index in [1.54, 1.807) is 0 Å². The normalized spacial score (nSPS) is 11.5. The molecule has 1 aromatic heterocycles. The molecule has 0 radical (unpaired) electrons. The van der Waals surface area contributed by atoms with Crippen LogP contribution in [0.3, 0.4) is 0 Å². The average Bonchev–Trinajstić information content (AvgIpc) is 3.00. The third-order valence-electron chi connectivity index (χ3n) is 3.83. The maximum atomic E-state index is 14.2. The van der Waals surface area contributed by atoms with Crippen LogP contribution in [-0.4, -0.2) is 16.2 Å². The third-order valence-corrected chi connectivity index (χ3v) is 3.83. The molecule has 1 amide bonds. The van der Waals surface area contributed by atoms with Crippen molar-refractivity contribution in [1.82, 2.24) is 9.78 Å². The quantitative estimate of drug-likeness (QED) is 0.486. The maximum Gasteiger partial charge on any atom is 0.437 e. The number of carbonyl (C=O) groups excluding carboxylic acids is 1. The number of halogens is 5. The number of hydrogen-bond acceptors (Lipinski definition) is 2. The molecule has 0 bridgehead atoms. The molecule has 4 nitrogen and oxygen atoms in total. The van der Waals surface area contributed by atoms with Gasteiger partial charge in [0.1, 0.15) is 11.6 Å². The van der Waals surface area contributed by atoms with E-state index in [1.165, 1.54) is 31.3 Å². The molecular weight excluding hydrogens is 369 g/mol. The van der Waals surface area contributed by atoms with Gasteiger partial charge in [-0.1, -0.05) is 18.2 Å². The van der Waals surface area contributed by atoms with Crippen LogP contribution in [0.25, 0.3) is 11.1 Å². The topological polar surface area (TPSA) is 38.1 Å². The molecule has 2 aromatic carbocycles. The summed E-state index contributed by atoms with van der Waals surface area (Å²) in [6.07, 6.45) is -3.62. The van der Waals surface area contributed by atoms with E-state index in [1.807, 2.05) is 0 Å². The largest absolute Gasteiger partial charge is 0.437 e. The van der Waals surface area contributed by atoms with Gasteiger partial charge in [0.05, 0.1) is 11.4 Å². The number of para-hydroxylation sites is 1. The summed E-state index contributed by atoms with van der Waals surface area (Å²) >= 11 is 0. The Hall–Kier alpha value is -3.23. The van der Waals surface area contributed by atoms with Crippen molar-refractivity contribution in [3.05, 3.63) is 66.0 Å². The lowest BCUT2D eigenvalue weighted by atomic mass is 10.0. The molecule has 0 aliphatic carbocycles. The molecule has 0 unspecified atom stereocenters. The second-order valence-corrected chi connectivity index (χ2v) is 5.65. The molecule has 0 aliphatic rings. The van der Waals surface area contributed by atoms with E-state index >= 15 is 0 Å². The first kappa shape index (κ1) is 18.6. The first-order valence-electron chi connectivity index (χ1n) is 7.62. The van der Waals surface area contributed by atoms with Crippen LogP contribution in [0.4, 0.5) is 33.3 Å². The van der Waals surface area contributed by atoms with Crippen molar-refractivity contribution in [2.24, 2.45) is 7.05 Å². The van der Waals surface area contributed by atoms with Crippen molar-refractivity contribution < 1.29 is 26.7 Å². The van der Waals surface area contributed by atoms with Crippen molar-refractivity contribution in [3.63, 3.8) is 0 Å². The van der Waals surface area contributed by atoms with Gasteiger partial charge in [0, 0.05) is 24.4 Å². The molecule has 0 saturated heterocycles. The molecule has 0 spiro atoms. The number of aromatic nitrogens is 2. The minimum atomic E-state index is -4.81. The van der Waals surface area contributed by atoms with Gasteiger partial charge in [0.15, 0.2) is 5.69 Å². The highest BCUT2D eigenvalue weighted by atomic mass is 19.4. The second-order valence-electron chi connectivity index (χ2n) is 5.65. The molecule has 0 aliphatic heterocycles. The second kappa shape index (κ2) is 6.82. The highest BCUT2D eigenvalue weighted by Crippen LogP contribution is 2.41. The lowest BCUT2D eigenvalue weighted by Gasteiger charge is -2.21. The van der Waals surface area contributed by atoms with E-state index in [9.17, 15) is 26.7 Å². The van der Waals surface area contributed by atoms with Crippen LogP contribution >= 0.6 is 0 Å². The molecule has 0 atom stereocenters. The fourth-order valence-corrected chi connectivity index (χ4v) is 2.71. The van der Waals surface area contributed by atoms with Gasteiger partial charge in [-0.2, -0.15) is 18.3 Å². The van der Waals surface area contributed by atoms with Crippen molar-refractivity contribution in [2.75, 3.05) is 4.90 Å². The number of rotatable bonds is 4. The van der Waals surface area contributed by atoms with Crippen molar-refractivity contribution in [3.8, 4) is 11.1 Å². The van der Waals surface area contributed by atoms with Crippen LogP contribution < -0.4 is 4.90 Å². The van der Waals surface area contributed by atoms with E-state index in [2.05, 4.69) is 5.10 Å². The number of anilines is 2. The lowest BCUT2D eigenvalue weighted by molar-refractivity contribution is -0.140. The van der Waals surface area contributed by atoms with Crippen molar-refractivity contribution >= 4 is 17.8 Å². The number of nitrogens with zero attached hydrogens (tertiary/aromatic N) is 3. The summed E-state index contributed by atoms with van der Waals surface area (Å²) in [5, 5.41) is 3.37. The lowest BCUT2D eigenvalue weighted by Crippen LogP contribution is -2.19. The smallest absolute Gasteiger partial charge is 0.279 e. The molecule has 27 heavy (non-hydrogen) atoms. The molecule has 0 fully saturated rings. The molecule has 1 heterocycles. The number of hydrogen-bond donors (Lipinski definition) is 0. The van der Waals surface area contributed by atoms with E-state index in [-0.39, 0.29) is 23.2 Å². The first-order valence-corrected chi connectivity index (χ1v) is 7.62. The predicted octanol–water partition coefficient (Wildman–Crippen LogP) is 4.68. The van der Waals surface area contributed by atoms with Gasteiger partial charge >= 0.3 is 6.18 Å². The van der Waals surface area contributed by atoms with Crippen LogP contribution in [0.5, 0.6) is 0 Å². The predicted molar refractivity (Wildman–Crippen MR) is 88.2 cm³/mol. The van der Waals surface area contributed by atoms with Gasteiger partial charge in [-0.05, 0) is 24.3 Å². The molecule has 0 saturated carbocycles. The summed E-state index contributed by atoms with van der Waals surface area (Å²) in [7, 11) is 1.28. The van der Waals surface area contributed by atoms with Crippen LogP contribution in [0.1, 0.15) is 5.69 Å². The Morgan fingerprint density at radius 3 is 2.41 bits per heavy atom. The minimum absolute atomic E-state index is 0.0458. The highest BCUT2D eigenvalue weighted by molar-refractivity contribution is 5.94. The summed E-state index contributed by atoms with van der Waals surface area (Å²) in [6.45, 7) is 0.